The Morgan fingerprint density at radius 3 is 2.56 bits per heavy atom. The first kappa shape index (κ1) is 14.5. The van der Waals surface area contributed by atoms with Crippen molar-refractivity contribution in [3.05, 3.63) is 22.2 Å². The van der Waals surface area contributed by atoms with Gasteiger partial charge >= 0.3 is 12.3 Å². The maximum atomic E-state index is 12.6. The molecule has 0 spiro atoms. The highest BCUT2D eigenvalue weighted by atomic mass is 19.3. The van der Waals surface area contributed by atoms with Crippen molar-refractivity contribution in [1.82, 2.24) is 9.97 Å². The third-order valence-corrected chi connectivity index (χ3v) is 2.02. The fraction of sp³-hybridized carbons (Fsp3) is 0.600. The number of nitrogens with zero attached hydrogens (tertiary/aromatic N) is 1. The second-order valence-electron chi connectivity index (χ2n) is 3.97. The first-order valence-electron chi connectivity index (χ1n) is 5.12. The summed E-state index contributed by atoms with van der Waals surface area (Å²) in [6.07, 6.45) is -3.83. The van der Waals surface area contributed by atoms with Crippen molar-refractivity contribution in [2.75, 3.05) is 6.61 Å². The van der Waals surface area contributed by atoms with Gasteiger partial charge in [-0.25, -0.2) is 8.78 Å². The Bertz CT molecular complexity index is 459. The molecule has 0 aliphatic heterocycles. The van der Waals surface area contributed by atoms with Crippen LogP contribution in [0.25, 0.3) is 0 Å². The van der Waals surface area contributed by atoms with Crippen LogP contribution in [0.3, 0.4) is 0 Å². The van der Waals surface area contributed by atoms with E-state index < -0.39 is 30.4 Å². The zero-order chi connectivity index (χ0) is 13.9. The van der Waals surface area contributed by atoms with Crippen molar-refractivity contribution in [3.63, 3.8) is 0 Å². The monoisotopic (exact) mass is 268 g/mol. The number of hydrogen-bond acceptors (Lipinski definition) is 3. The molecule has 0 aliphatic carbocycles. The van der Waals surface area contributed by atoms with Gasteiger partial charge in [-0.1, -0.05) is 13.8 Å². The van der Waals surface area contributed by atoms with Crippen LogP contribution >= 0.6 is 0 Å². The molecule has 0 bridgehead atoms. The minimum absolute atomic E-state index is 0.156. The summed E-state index contributed by atoms with van der Waals surface area (Å²) in [5.74, 6) is -4.60. The number of ether oxygens (including phenoxy) is 1. The van der Waals surface area contributed by atoms with Crippen LogP contribution < -0.4 is 10.3 Å². The van der Waals surface area contributed by atoms with Crippen molar-refractivity contribution in [2.45, 2.75) is 32.1 Å². The first-order valence-corrected chi connectivity index (χ1v) is 5.12. The standard InChI is InChI=1S/C10H12F4N2O2/c1-5(2)8-15-6(17)3-7(16-8)18-4-10(13,14)9(11)12/h3,5,9H,4H2,1-2H3,(H,15,16,17). The van der Waals surface area contributed by atoms with Gasteiger partial charge in [0, 0.05) is 5.92 Å². The number of rotatable bonds is 5. The average molecular weight is 268 g/mol. The second kappa shape index (κ2) is 5.36. The summed E-state index contributed by atoms with van der Waals surface area (Å²) in [7, 11) is 0. The molecule has 0 saturated heterocycles. The van der Waals surface area contributed by atoms with Crippen LogP contribution in [0.15, 0.2) is 10.9 Å². The molecule has 1 N–H and O–H groups in total. The highest BCUT2D eigenvalue weighted by Gasteiger charge is 2.41. The van der Waals surface area contributed by atoms with Crippen molar-refractivity contribution >= 4 is 0 Å². The van der Waals surface area contributed by atoms with E-state index in [1.165, 1.54) is 0 Å². The van der Waals surface area contributed by atoms with E-state index in [2.05, 4.69) is 14.7 Å². The summed E-state index contributed by atoms with van der Waals surface area (Å²) >= 11 is 0. The molecule has 0 unspecified atom stereocenters. The van der Waals surface area contributed by atoms with Gasteiger partial charge in [0.15, 0.2) is 6.61 Å². The number of halogens is 4. The van der Waals surface area contributed by atoms with E-state index in [1.807, 2.05) is 0 Å². The largest absolute Gasteiger partial charge is 0.471 e. The Morgan fingerprint density at radius 1 is 1.44 bits per heavy atom. The molecule has 18 heavy (non-hydrogen) atoms. The van der Waals surface area contributed by atoms with Gasteiger partial charge in [0.05, 0.1) is 6.07 Å². The zero-order valence-corrected chi connectivity index (χ0v) is 9.71. The Kier molecular flexibility index (Phi) is 4.31. The summed E-state index contributed by atoms with van der Waals surface area (Å²) < 4.78 is 53.4. The van der Waals surface area contributed by atoms with E-state index in [1.54, 1.807) is 13.8 Å². The summed E-state index contributed by atoms with van der Waals surface area (Å²) in [6, 6.07) is 0.827. The molecular weight excluding hydrogens is 256 g/mol. The fourth-order valence-corrected chi connectivity index (χ4v) is 1.03. The minimum atomic E-state index is -4.28. The third-order valence-electron chi connectivity index (χ3n) is 2.02. The van der Waals surface area contributed by atoms with Crippen molar-refractivity contribution in [3.8, 4) is 5.88 Å². The molecule has 1 rings (SSSR count). The third kappa shape index (κ3) is 3.71. The molecule has 4 nitrogen and oxygen atoms in total. The molecule has 0 radical (unpaired) electrons. The first-order chi connectivity index (χ1) is 8.22. The molecule has 0 aliphatic rings. The molecule has 0 fully saturated rings. The highest BCUT2D eigenvalue weighted by molar-refractivity contribution is 5.10. The van der Waals surface area contributed by atoms with Crippen molar-refractivity contribution in [2.24, 2.45) is 0 Å². The van der Waals surface area contributed by atoms with Gasteiger partial charge in [0.25, 0.3) is 5.56 Å². The van der Waals surface area contributed by atoms with Crippen LogP contribution in [0.4, 0.5) is 17.6 Å². The molecule has 8 heteroatoms. The molecule has 0 saturated carbocycles. The quantitative estimate of drug-likeness (QED) is 0.833. The maximum Gasteiger partial charge on any atom is 0.340 e. The lowest BCUT2D eigenvalue weighted by Gasteiger charge is -2.15. The molecule has 1 aromatic rings. The van der Waals surface area contributed by atoms with E-state index in [4.69, 9.17) is 0 Å². The SMILES string of the molecule is CC(C)c1nc(OCC(F)(F)C(F)F)cc(=O)[nH]1. The topological polar surface area (TPSA) is 55.0 Å². The molecule has 0 amide bonds. The van der Waals surface area contributed by atoms with Crippen LogP contribution in [-0.2, 0) is 0 Å². The smallest absolute Gasteiger partial charge is 0.340 e. The van der Waals surface area contributed by atoms with Crippen LogP contribution in [0, 0.1) is 0 Å². The normalized spacial score (nSPS) is 12.2. The van der Waals surface area contributed by atoms with Crippen LogP contribution in [-0.4, -0.2) is 28.9 Å². The van der Waals surface area contributed by atoms with E-state index in [0.717, 1.165) is 6.07 Å². The number of nitrogens with one attached hydrogen (secondary N) is 1. The lowest BCUT2D eigenvalue weighted by Crippen LogP contribution is -2.34. The van der Waals surface area contributed by atoms with Gasteiger partial charge in [-0.15, -0.1) is 0 Å². The lowest BCUT2D eigenvalue weighted by atomic mass is 10.2. The van der Waals surface area contributed by atoms with Gasteiger partial charge < -0.3 is 9.72 Å². The van der Waals surface area contributed by atoms with Gasteiger partial charge in [-0.3, -0.25) is 4.79 Å². The number of aromatic amines is 1. The molecular formula is C10H12F4N2O2. The van der Waals surface area contributed by atoms with Crippen LogP contribution in [0.1, 0.15) is 25.6 Å². The van der Waals surface area contributed by atoms with Crippen LogP contribution in [0.5, 0.6) is 5.88 Å². The van der Waals surface area contributed by atoms with E-state index in [0.29, 0.717) is 0 Å². The summed E-state index contributed by atoms with van der Waals surface area (Å²) in [5.41, 5.74) is -0.593. The zero-order valence-electron chi connectivity index (χ0n) is 9.71. The lowest BCUT2D eigenvalue weighted by molar-refractivity contribution is -0.148. The summed E-state index contributed by atoms with van der Waals surface area (Å²) in [6.45, 7) is 1.91. The number of hydrogen-bond donors (Lipinski definition) is 1. The van der Waals surface area contributed by atoms with Crippen molar-refractivity contribution in [1.29, 1.82) is 0 Å². The van der Waals surface area contributed by atoms with Gasteiger partial charge in [0.2, 0.25) is 5.88 Å². The van der Waals surface area contributed by atoms with Gasteiger partial charge in [0.1, 0.15) is 5.82 Å². The molecule has 0 atom stereocenters. The Morgan fingerprint density at radius 2 is 2.06 bits per heavy atom. The Balaban J connectivity index is 2.83. The van der Waals surface area contributed by atoms with Gasteiger partial charge in [-0.05, 0) is 0 Å². The van der Waals surface area contributed by atoms with Crippen LogP contribution in [0.2, 0.25) is 0 Å². The molecule has 1 aromatic heterocycles. The minimum Gasteiger partial charge on any atom is -0.471 e. The van der Waals surface area contributed by atoms with E-state index in [9.17, 15) is 22.4 Å². The molecule has 0 aromatic carbocycles. The summed E-state index contributed by atoms with van der Waals surface area (Å²) in [5, 5.41) is 0. The molecule has 102 valence electrons. The Labute approximate surface area is 100.0 Å². The average Bonchev–Trinajstić information content (AvgIpc) is 2.25. The number of H-pyrrole nitrogens is 1. The Hall–Kier alpha value is -1.60. The predicted molar refractivity (Wildman–Crippen MR) is 55.4 cm³/mol. The molecule has 1 heterocycles. The number of aromatic nitrogens is 2. The van der Waals surface area contributed by atoms with E-state index in [-0.39, 0.29) is 11.7 Å². The summed E-state index contributed by atoms with van der Waals surface area (Å²) in [4.78, 5) is 17.3. The second-order valence-corrected chi connectivity index (χ2v) is 3.97. The maximum absolute atomic E-state index is 12.6. The predicted octanol–water partition coefficient (Wildman–Crippen LogP) is 2.17. The van der Waals surface area contributed by atoms with E-state index >= 15 is 0 Å². The fourth-order valence-electron chi connectivity index (χ4n) is 1.03. The van der Waals surface area contributed by atoms with Gasteiger partial charge in [-0.2, -0.15) is 13.8 Å². The highest BCUT2D eigenvalue weighted by Crippen LogP contribution is 2.23. The van der Waals surface area contributed by atoms with Crippen molar-refractivity contribution < 1.29 is 22.3 Å². The number of alkyl halides is 4.